The van der Waals surface area contributed by atoms with Gasteiger partial charge in [0.05, 0.1) is 13.2 Å². The average molecular weight is 487 g/mol. The fourth-order valence-electron chi connectivity index (χ4n) is 5.49. The summed E-state index contributed by atoms with van der Waals surface area (Å²) < 4.78 is 5.72. The molecule has 0 bridgehead atoms. The normalized spacial score (nSPS) is 21.9. The Bertz CT molecular complexity index is 837. The van der Waals surface area contributed by atoms with Gasteiger partial charge in [-0.15, -0.1) is 0 Å². The minimum absolute atomic E-state index is 0.0842. The van der Waals surface area contributed by atoms with E-state index in [4.69, 9.17) is 10.5 Å². The van der Waals surface area contributed by atoms with Gasteiger partial charge in [-0.2, -0.15) is 0 Å². The Hall–Kier alpha value is -2.25. The highest BCUT2D eigenvalue weighted by Gasteiger charge is 2.43. The van der Waals surface area contributed by atoms with Crippen molar-refractivity contribution in [2.45, 2.75) is 70.8 Å². The molecule has 2 atom stereocenters. The van der Waals surface area contributed by atoms with Crippen LogP contribution in [0.15, 0.2) is 30.6 Å². The van der Waals surface area contributed by atoms with E-state index >= 15 is 0 Å². The predicted octanol–water partition coefficient (Wildman–Crippen LogP) is 3.32. The Morgan fingerprint density at radius 3 is 2.80 bits per heavy atom. The zero-order valence-electron chi connectivity index (χ0n) is 22.0. The van der Waals surface area contributed by atoms with Crippen LogP contribution in [0.25, 0.3) is 0 Å². The Morgan fingerprint density at radius 2 is 2.09 bits per heavy atom. The molecule has 7 nitrogen and oxygen atoms in total. The summed E-state index contributed by atoms with van der Waals surface area (Å²) >= 11 is 0. The van der Waals surface area contributed by atoms with E-state index in [1.54, 1.807) is 6.20 Å². The Labute approximate surface area is 211 Å². The van der Waals surface area contributed by atoms with E-state index in [0.717, 1.165) is 70.6 Å². The van der Waals surface area contributed by atoms with Gasteiger partial charge in [0, 0.05) is 63.7 Å². The lowest BCUT2D eigenvalue weighted by Crippen LogP contribution is -2.49. The van der Waals surface area contributed by atoms with E-state index in [1.807, 2.05) is 11.1 Å². The SMILES string of the molecule is CCCCN(CCCO)C(=O)CN1C[C@H](c2ccc3c(c2)CCO3)C[C@]1(C)CCN(/C=C\N)CC. The largest absolute Gasteiger partial charge is 0.493 e. The maximum absolute atomic E-state index is 13.4. The number of amides is 1. The van der Waals surface area contributed by atoms with Crippen LogP contribution in [-0.2, 0) is 11.2 Å². The maximum Gasteiger partial charge on any atom is 0.236 e. The van der Waals surface area contributed by atoms with Crippen LogP contribution in [0, 0.1) is 0 Å². The number of fused-ring (bicyclic) bond motifs is 1. The van der Waals surface area contributed by atoms with Crippen LogP contribution in [0.4, 0.5) is 0 Å². The number of carbonyl (C=O) groups excluding carboxylic acids is 1. The van der Waals surface area contributed by atoms with Crippen molar-refractivity contribution in [2.75, 3.05) is 52.5 Å². The fraction of sp³-hybridized carbons (Fsp3) is 0.679. The summed E-state index contributed by atoms with van der Waals surface area (Å²) in [5.74, 6) is 1.58. The fourth-order valence-corrected chi connectivity index (χ4v) is 5.49. The molecule has 3 rings (SSSR count). The van der Waals surface area contributed by atoms with Gasteiger partial charge in [0.1, 0.15) is 5.75 Å². The van der Waals surface area contributed by atoms with Crippen LogP contribution >= 0.6 is 0 Å². The smallest absolute Gasteiger partial charge is 0.236 e. The molecule has 35 heavy (non-hydrogen) atoms. The van der Waals surface area contributed by atoms with Crippen molar-refractivity contribution in [1.82, 2.24) is 14.7 Å². The third kappa shape index (κ3) is 7.14. The highest BCUT2D eigenvalue weighted by molar-refractivity contribution is 5.78. The topological polar surface area (TPSA) is 82.3 Å². The Balaban J connectivity index is 1.78. The molecule has 1 amide bonds. The lowest BCUT2D eigenvalue weighted by Gasteiger charge is -2.37. The number of nitrogens with two attached hydrogens (primary N) is 1. The first-order valence-electron chi connectivity index (χ1n) is 13.5. The van der Waals surface area contributed by atoms with Crippen LogP contribution in [0.3, 0.4) is 0 Å². The summed E-state index contributed by atoms with van der Waals surface area (Å²) in [6, 6.07) is 6.66. The third-order valence-electron chi connectivity index (χ3n) is 7.76. The van der Waals surface area contributed by atoms with Gasteiger partial charge in [0.25, 0.3) is 0 Å². The second-order valence-corrected chi connectivity index (χ2v) is 10.3. The number of aliphatic hydroxyl groups excluding tert-OH is 1. The van der Waals surface area contributed by atoms with Gasteiger partial charge in [-0.3, -0.25) is 9.69 Å². The van der Waals surface area contributed by atoms with Crippen molar-refractivity contribution in [2.24, 2.45) is 5.73 Å². The monoisotopic (exact) mass is 486 g/mol. The van der Waals surface area contributed by atoms with Crippen LogP contribution < -0.4 is 10.5 Å². The molecule has 1 aromatic carbocycles. The van der Waals surface area contributed by atoms with Crippen LogP contribution in [0.5, 0.6) is 5.75 Å². The van der Waals surface area contributed by atoms with Crippen molar-refractivity contribution >= 4 is 5.91 Å². The molecule has 0 aromatic heterocycles. The summed E-state index contributed by atoms with van der Waals surface area (Å²) in [6.07, 6.45) is 9.19. The van der Waals surface area contributed by atoms with E-state index < -0.39 is 0 Å². The molecule has 3 N–H and O–H groups in total. The summed E-state index contributed by atoms with van der Waals surface area (Å²) in [5.41, 5.74) is 8.23. The second kappa shape index (κ2) is 13.2. The molecule has 2 aliphatic heterocycles. The second-order valence-electron chi connectivity index (χ2n) is 10.3. The molecular weight excluding hydrogens is 440 g/mol. The number of ether oxygens (including phenoxy) is 1. The number of hydrogen-bond donors (Lipinski definition) is 2. The number of benzene rings is 1. The molecule has 0 spiro atoms. The van der Waals surface area contributed by atoms with Crippen molar-refractivity contribution in [3.63, 3.8) is 0 Å². The highest BCUT2D eigenvalue weighted by atomic mass is 16.5. The summed E-state index contributed by atoms with van der Waals surface area (Å²) in [4.78, 5) is 20.0. The first-order chi connectivity index (χ1) is 16.9. The molecule has 1 fully saturated rings. The summed E-state index contributed by atoms with van der Waals surface area (Å²) in [7, 11) is 0. The van der Waals surface area contributed by atoms with E-state index in [9.17, 15) is 9.90 Å². The van der Waals surface area contributed by atoms with Gasteiger partial charge in [0.2, 0.25) is 5.91 Å². The van der Waals surface area contributed by atoms with E-state index in [1.165, 1.54) is 11.1 Å². The van der Waals surface area contributed by atoms with Crippen LogP contribution in [-0.4, -0.2) is 83.7 Å². The minimum atomic E-state index is -0.0842. The number of rotatable bonds is 14. The lowest BCUT2D eigenvalue weighted by atomic mass is 9.86. The molecule has 1 saturated heterocycles. The molecule has 0 unspecified atom stereocenters. The van der Waals surface area contributed by atoms with Gasteiger partial charge >= 0.3 is 0 Å². The molecular formula is C28H46N4O3. The average Bonchev–Trinajstić information content (AvgIpc) is 3.46. The molecule has 7 heteroatoms. The van der Waals surface area contributed by atoms with Gasteiger partial charge in [-0.25, -0.2) is 0 Å². The standard InChI is InChI=1S/C28H46N4O3/c1-4-6-13-31(14-7-17-33)27(34)22-32-21-25(23-8-9-26-24(19-23)10-18-35-26)20-28(32,3)11-15-30(5-2)16-12-29/h8-9,12,16,19,25,33H,4-7,10-11,13-15,17-18,20-22,29H2,1-3H3/b16-12-/t25-,28+/m1/s1. The number of aliphatic hydroxyl groups is 1. The number of unbranched alkanes of at least 4 members (excludes halogenated alkanes) is 1. The number of likely N-dealkylation sites (tertiary alicyclic amines) is 1. The predicted molar refractivity (Wildman–Crippen MR) is 141 cm³/mol. The summed E-state index contributed by atoms with van der Waals surface area (Å²) in [5, 5.41) is 9.33. The number of nitrogens with zero attached hydrogens (tertiary/aromatic N) is 3. The quantitative estimate of drug-likeness (QED) is 0.420. The van der Waals surface area contributed by atoms with Gasteiger partial charge in [-0.05, 0) is 62.6 Å². The number of carbonyl (C=O) groups is 1. The molecule has 196 valence electrons. The molecule has 0 radical (unpaired) electrons. The first kappa shape index (κ1) is 27.3. The minimum Gasteiger partial charge on any atom is -0.493 e. The molecule has 2 aliphatic rings. The zero-order chi connectivity index (χ0) is 25.3. The van der Waals surface area contributed by atoms with Gasteiger partial charge < -0.3 is 25.4 Å². The van der Waals surface area contributed by atoms with Gasteiger partial charge in [0.15, 0.2) is 0 Å². The Kier molecular flexibility index (Phi) is 10.3. The van der Waals surface area contributed by atoms with E-state index in [-0.39, 0.29) is 18.1 Å². The van der Waals surface area contributed by atoms with Crippen molar-refractivity contribution < 1.29 is 14.6 Å². The molecule has 0 saturated carbocycles. The number of hydrogen-bond acceptors (Lipinski definition) is 6. The first-order valence-corrected chi connectivity index (χ1v) is 13.5. The van der Waals surface area contributed by atoms with Gasteiger partial charge in [-0.1, -0.05) is 25.5 Å². The van der Waals surface area contributed by atoms with E-state index in [2.05, 4.69) is 48.8 Å². The van der Waals surface area contributed by atoms with Crippen LogP contribution in [0.2, 0.25) is 0 Å². The Morgan fingerprint density at radius 1 is 1.29 bits per heavy atom. The maximum atomic E-state index is 13.4. The highest BCUT2D eigenvalue weighted by Crippen LogP contribution is 2.42. The van der Waals surface area contributed by atoms with Crippen LogP contribution in [0.1, 0.15) is 69.9 Å². The summed E-state index contributed by atoms with van der Waals surface area (Å²) in [6.45, 7) is 12.0. The van der Waals surface area contributed by atoms with Crippen molar-refractivity contribution in [1.29, 1.82) is 0 Å². The zero-order valence-corrected chi connectivity index (χ0v) is 22.0. The molecule has 0 aliphatic carbocycles. The van der Waals surface area contributed by atoms with Crippen molar-refractivity contribution in [3.05, 3.63) is 41.7 Å². The third-order valence-corrected chi connectivity index (χ3v) is 7.76. The van der Waals surface area contributed by atoms with Crippen molar-refractivity contribution in [3.8, 4) is 5.75 Å². The lowest BCUT2D eigenvalue weighted by molar-refractivity contribution is -0.133. The molecule has 2 heterocycles. The molecule has 1 aromatic rings. The van der Waals surface area contributed by atoms with E-state index in [0.29, 0.717) is 25.4 Å².